The number of hydrogen-bond donors (Lipinski definition) is 2. The maximum atomic E-state index is 5.95. The minimum Gasteiger partial charge on any atom is -0.497 e. The summed E-state index contributed by atoms with van der Waals surface area (Å²) < 4.78 is 11.0. The van der Waals surface area contributed by atoms with Gasteiger partial charge in [-0.25, -0.2) is 9.98 Å². The first-order valence-electron chi connectivity index (χ1n) is 8.05. The van der Waals surface area contributed by atoms with Crippen molar-refractivity contribution in [2.75, 3.05) is 12.4 Å². The third-order valence-corrected chi connectivity index (χ3v) is 3.91. The van der Waals surface area contributed by atoms with Crippen LogP contribution in [0, 0.1) is 0 Å². The highest BCUT2D eigenvalue weighted by Crippen LogP contribution is 2.24. The first-order chi connectivity index (χ1) is 11.7. The van der Waals surface area contributed by atoms with Crippen LogP contribution in [0.25, 0.3) is 0 Å². The molecule has 1 aromatic carbocycles. The molecule has 1 fully saturated rings. The summed E-state index contributed by atoms with van der Waals surface area (Å²) in [6.45, 7) is 0.465. The van der Waals surface area contributed by atoms with E-state index in [1.165, 1.54) is 6.42 Å². The van der Waals surface area contributed by atoms with E-state index in [0.717, 1.165) is 29.8 Å². The van der Waals surface area contributed by atoms with E-state index in [-0.39, 0.29) is 0 Å². The number of nitrogens with one attached hydrogen (secondary N) is 1. The normalized spacial score (nSPS) is 14.8. The lowest BCUT2D eigenvalue weighted by Crippen LogP contribution is -2.25. The van der Waals surface area contributed by atoms with Crippen LogP contribution in [0.1, 0.15) is 24.8 Å². The molecule has 1 aromatic heterocycles. The topological polar surface area (TPSA) is 81.8 Å². The van der Waals surface area contributed by atoms with E-state index in [9.17, 15) is 0 Å². The molecule has 0 radical (unpaired) electrons. The smallest absolute Gasteiger partial charge is 0.213 e. The van der Waals surface area contributed by atoms with Crippen LogP contribution in [0.3, 0.4) is 0 Å². The van der Waals surface area contributed by atoms with Crippen LogP contribution < -0.4 is 20.5 Å². The Morgan fingerprint density at radius 3 is 2.96 bits per heavy atom. The molecule has 6 heteroatoms. The number of rotatable bonds is 6. The number of pyridine rings is 1. The van der Waals surface area contributed by atoms with E-state index in [2.05, 4.69) is 15.3 Å². The Labute approximate surface area is 141 Å². The van der Waals surface area contributed by atoms with Gasteiger partial charge in [0.25, 0.3) is 0 Å². The highest BCUT2D eigenvalue weighted by Gasteiger charge is 2.19. The molecule has 0 aliphatic heterocycles. The van der Waals surface area contributed by atoms with Crippen molar-refractivity contribution in [3.8, 4) is 11.6 Å². The Bertz CT molecular complexity index is 714. The Morgan fingerprint density at radius 1 is 1.33 bits per heavy atom. The Hall–Kier alpha value is -2.76. The van der Waals surface area contributed by atoms with Crippen LogP contribution in [0.15, 0.2) is 47.6 Å². The minimum absolute atomic E-state index is 0.316. The standard InChI is InChI=1S/C18H22N4O2/c1-23-16-7-2-4-14(11-16)22-18(19)21-12-13-8-9-20-17(10-13)24-15-5-3-6-15/h2,4,7-11,15H,3,5-6,12H2,1H3,(H3,19,21,22). The third-order valence-electron chi connectivity index (χ3n) is 3.91. The molecule has 3 N–H and O–H groups in total. The molecule has 3 rings (SSSR count). The Kier molecular flexibility index (Phi) is 5.15. The molecular weight excluding hydrogens is 304 g/mol. The zero-order valence-electron chi connectivity index (χ0n) is 13.7. The lowest BCUT2D eigenvalue weighted by atomic mass is 9.96. The molecule has 1 aliphatic rings. The van der Waals surface area contributed by atoms with E-state index in [0.29, 0.717) is 24.5 Å². The summed E-state index contributed by atoms with van der Waals surface area (Å²) in [5.74, 6) is 1.77. The van der Waals surface area contributed by atoms with Gasteiger partial charge < -0.3 is 20.5 Å². The predicted octanol–water partition coefficient (Wildman–Crippen LogP) is 2.95. The van der Waals surface area contributed by atoms with Crippen molar-refractivity contribution >= 4 is 11.6 Å². The van der Waals surface area contributed by atoms with Crippen molar-refractivity contribution in [3.05, 3.63) is 48.2 Å². The fraction of sp³-hybridized carbons (Fsp3) is 0.333. The zero-order valence-corrected chi connectivity index (χ0v) is 13.7. The molecule has 1 aliphatic carbocycles. The minimum atomic E-state index is 0.316. The second kappa shape index (κ2) is 7.68. The summed E-state index contributed by atoms with van der Waals surface area (Å²) in [4.78, 5) is 8.60. The molecule has 126 valence electrons. The van der Waals surface area contributed by atoms with Crippen molar-refractivity contribution < 1.29 is 9.47 Å². The summed E-state index contributed by atoms with van der Waals surface area (Å²) in [5.41, 5.74) is 7.79. The molecule has 0 bridgehead atoms. The predicted molar refractivity (Wildman–Crippen MR) is 94.4 cm³/mol. The number of anilines is 1. The van der Waals surface area contributed by atoms with Crippen molar-refractivity contribution in [1.82, 2.24) is 4.98 Å². The van der Waals surface area contributed by atoms with Crippen molar-refractivity contribution in [3.63, 3.8) is 0 Å². The lowest BCUT2D eigenvalue weighted by Gasteiger charge is -2.25. The molecule has 1 heterocycles. The second-order valence-corrected chi connectivity index (χ2v) is 5.73. The maximum absolute atomic E-state index is 5.95. The summed E-state index contributed by atoms with van der Waals surface area (Å²) in [5, 5.41) is 3.05. The van der Waals surface area contributed by atoms with Crippen LogP contribution in [0.2, 0.25) is 0 Å². The van der Waals surface area contributed by atoms with Gasteiger partial charge >= 0.3 is 0 Å². The van der Waals surface area contributed by atoms with E-state index in [4.69, 9.17) is 15.2 Å². The fourth-order valence-corrected chi connectivity index (χ4v) is 2.34. The number of benzene rings is 1. The Morgan fingerprint density at radius 2 is 2.21 bits per heavy atom. The number of ether oxygens (including phenoxy) is 2. The number of nitrogens with two attached hydrogens (primary N) is 1. The molecule has 0 amide bonds. The third kappa shape index (κ3) is 4.38. The van der Waals surface area contributed by atoms with Crippen LogP contribution in [0.4, 0.5) is 5.69 Å². The van der Waals surface area contributed by atoms with Crippen molar-refractivity contribution in [2.45, 2.75) is 31.9 Å². The molecular formula is C18H22N4O2. The summed E-state index contributed by atoms with van der Waals surface area (Å²) in [6, 6.07) is 11.4. The van der Waals surface area contributed by atoms with E-state index < -0.39 is 0 Å². The van der Waals surface area contributed by atoms with Crippen LogP contribution in [0.5, 0.6) is 11.6 Å². The van der Waals surface area contributed by atoms with Crippen molar-refractivity contribution in [2.24, 2.45) is 10.7 Å². The molecule has 0 saturated heterocycles. The average Bonchev–Trinajstić information content (AvgIpc) is 2.57. The quantitative estimate of drug-likeness (QED) is 0.630. The van der Waals surface area contributed by atoms with Gasteiger partial charge in [0.1, 0.15) is 11.9 Å². The SMILES string of the molecule is COc1cccc(NC(N)=NCc2ccnc(OC3CCC3)c2)c1. The number of hydrogen-bond acceptors (Lipinski definition) is 4. The molecule has 0 atom stereocenters. The Balaban J connectivity index is 1.58. The number of methoxy groups -OCH3 is 1. The van der Waals surface area contributed by atoms with Crippen molar-refractivity contribution in [1.29, 1.82) is 0 Å². The second-order valence-electron chi connectivity index (χ2n) is 5.73. The molecule has 0 unspecified atom stereocenters. The van der Waals surface area contributed by atoms with Crippen LogP contribution >= 0.6 is 0 Å². The van der Waals surface area contributed by atoms with Gasteiger partial charge in [0.2, 0.25) is 5.88 Å². The van der Waals surface area contributed by atoms with Crippen LogP contribution in [-0.4, -0.2) is 24.2 Å². The number of aromatic nitrogens is 1. The molecule has 24 heavy (non-hydrogen) atoms. The maximum Gasteiger partial charge on any atom is 0.213 e. The first-order valence-corrected chi connectivity index (χ1v) is 8.05. The first kappa shape index (κ1) is 16.1. The summed E-state index contributed by atoms with van der Waals surface area (Å²) in [6.07, 6.45) is 5.52. The molecule has 2 aromatic rings. The van der Waals surface area contributed by atoms with Gasteiger partial charge in [-0.05, 0) is 43.0 Å². The lowest BCUT2D eigenvalue weighted by molar-refractivity contribution is 0.114. The zero-order chi connectivity index (χ0) is 16.8. The molecule has 0 spiro atoms. The number of aliphatic imine (C=N–C) groups is 1. The van der Waals surface area contributed by atoms with E-state index in [1.54, 1.807) is 13.3 Å². The van der Waals surface area contributed by atoms with Crippen LogP contribution in [-0.2, 0) is 6.54 Å². The van der Waals surface area contributed by atoms with Gasteiger partial charge in [-0.1, -0.05) is 6.07 Å². The monoisotopic (exact) mass is 326 g/mol. The fourth-order valence-electron chi connectivity index (χ4n) is 2.34. The van der Waals surface area contributed by atoms with Gasteiger partial charge in [0.05, 0.1) is 13.7 Å². The van der Waals surface area contributed by atoms with Gasteiger partial charge in [-0.2, -0.15) is 0 Å². The molecule has 6 nitrogen and oxygen atoms in total. The van der Waals surface area contributed by atoms with E-state index in [1.807, 2.05) is 36.4 Å². The number of guanidine groups is 1. The highest BCUT2D eigenvalue weighted by molar-refractivity contribution is 5.92. The van der Waals surface area contributed by atoms with Gasteiger partial charge in [0, 0.05) is 24.0 Å². The summed E-state index contributed by atoms with van der Waals surface area (Å²) in [7, 11) is 1.63. The number of nitrogens with zero attached hydrogens (tertiary/aromatic N) is 2. The van der Waals surface area contributed by atoms with Gasteiger partial charge in [-0.3, -0.25) is 0 Å². The highest BCUT2D eigenvalue weighted by atomic mass is 16.5. The molecule has 1 saturated carbocycles. The largest absolute Gasteiger partial charge is 0.497 e. The van der Waals surface area contributed by atoms with E-state index >= 15 is 0 Å². The van der Waals surface area contributed by atoms with Gasteiger partial charge in [-0.15, -0.1) is 0 Å². The summed E-state index contributed by atoms with van der Waals surface area (Å²) >= 11 is 0. The average molecular weight is 326 g/mol. The van der Waals surface area contributed by atoms with Gasteiger partial charge in [0.15, 0.2) is 5.96 Å².